The van der Waals surface area contributed by atoms with Crippen LogP contribution in [0.5, 0.6) is 11.5 Å². The number of esters is 1. The number of rotatable bonds is 5. The highest BCUT2D eigenvalue weighted by Crippen LogP contribution is 2.59. The zero-order chi connectivity index (χ0) is 26.3. The van der Waals surface area contributed by atoms with Crippen molar-refractivity contribution in [3.8, 4) is 11.5 Å². The number of aryl methyl sites for hydroxylation is 1. The van der Waals surface area contributed by atoms with Crippen LogP contribution in [0, 0.1) is 6.92 Å². The average Bonchev–Trinajstić information content (AvgIpc) is 3.61. The van der Waals surface area contributed by atoms with Gasteiger partial charge in [0.2, 0.25) is 16.2 Å². The highest BCUT2D eigenvalue weighted by atomic mass is 32.2. The first-order valence-electron chi connectivity index (χ1n) is 12.0. The van der Waals surface area contributed by atoms with E-state index < -0.39 is 10.3 Å². The lowest BCUT2D eigenvalue weighted by atomic mass is 10.2. The van der Waals surface area contributed by atoms with Crippen molar-refractivity contribution in [2.24, 2.45) is 5.10 Å². The summed E-state index contributed by atoms with van der Waals surface area (Å²) in [6.07, 6.45) is 1.83. The van der Waals surface area contributed by atoms with Gasteiger partial charge in [-0.1, -0.05) is 48.2 Å². The number of fused-ring (bicyclic) bond motifs is 1. The first-order chi connectivity index (χ1) is 18.5. The van der Waals surface area contributed by atoms with Gasteiger partial charge in [0, 0.05) is 5.69 Å². The number of benzene rings is 3. The van der Waals surface area contributed by atoms with Crippen molar-refractivity contribution < 1.29 is 23.8 Å². The SMILES string of the molecule is CCOC(=O)C1=NN(c2cccc(C)c2)[C@]2(S1)S/C(=C/c1ccc3c(c1)OCO3)C(=O)N2c1ccccc1. The summed E-state index contributed by atoms with van der Waals surface area (Å²) in [5.74, 6) is 0.573. The third kappa shape index (κ3) is 4.19. The van der Waals surface area contributed by atoms with E-state index in [9.17, 15) is 9.59 Å². The van der Waals surface area contributed by atoms with Gasteiger partial charge in [-0.15, -0.1) is 0 Å². The van der Waals surface area contributed by atoms with Gasteiger partial charge in [-0.25, -0.2) is 9.80 Å². The number of hydrazone groups is 1. The zero-order valence-corrected chi connectivity index (χ0v) is 22.3. The molecule has 1 spiro atoms. The van der Waals surface area contributed by atoms with Crippen LogP contribution >= 0.6 is 23.5 Å². The van der Waals surface area contributed by atoms with E-state index in [1.165, 1.54) is 23.5 Å². The number of para-hydroxylation sites is 1. The Balaban J connectivity index is 1.49. The topological polar surface area (TPSA) is 80.7 Å². The van der Waals surface area contributed by atoms with Crippen LogP contribution in [0.1, 0.15) is 18.1 Å². The molecule has 3 aliphatic rings. The minimum atomic E-state index is -1.13. The number of hydrogen-bond donors (Lipinski definition) is 0. The van der Waals surface area contributed by atoms with Crippen LogP contribution in [0.15, 0.2) is 82.8 Å². The molecule has 0 saturated carbocycles. The molecule has 0 N–H and O–H groups in total. The Morgan fingerprint density at radius 3 is 2.61 bits per heavy atom. The molecule has 1 saturated heterocycles. The van der Waals surface area contributed by atoms with Gasteiger partial charge in [0.05, 0.1) is 17.2 Å². The molecular weight excluding hydrogens is 522 g/mol. The molecule has 1 amide bonds. The van der Waals surface area contributed by atoms with Crippen LogP contribution < -0.4 is 19.4 Å². The molecule has 0 radical (unpaired) electrons. The molecule has 3 aliphatic heterocycles. The first-order valence-corrected chi connectivity index (χ1v) is 13.6. The predicted molar refractivity (Wildman–Crippen MR) is 150 cm³/mol. The molecule has 6 rings (SSSR count). The summed E-state index contributed by atoms with van der Waals surface area (Å²) in [5.41, 5.74) is 3.26. The monoisotopic (exact) mass is 545 g/mol. The molecule has 0 aromatic heterocycles. The van der Waals surface area contributed by atoms with Gasteiger partial charge in [0.25, 0.3) is 5.91 Å². The van der Waals surface area contributed by atoms with Crippen molar-refractivity contribution in [2.45, 2.75) is 18.2 Å². The number of carbonyl (C=O) groups is 2. The fourth-order valence-electron chi connectivity index (χ4n) is 4.38. The van der Waals surface area contributed by atoms with Crippen LogP contribution in [0.3, 0.4) is 0 Å². The Hall–Kier alpha value is -3.89. The third-order valence-electron chi connectivity index (χ3n) is 6.03. The lowest BCUT2D eigenvalue weighted by Gasteiger charge is -2.38. The van der Waals surface area contributed by atoms with E-state index in [0.29, 0.717) is 22.1 Å². The number of ether oxygens (including phenoxy) is 3. The van der Waals surface area contributed by atoms with E-state index in [0.717, 1.165) is 16.8 Å². The van der Waals surface area contributed by atoms with Crippen LogP contribution in [0.2, 0.25) is 0 Å². The summed E-state index contributed by atoms with van der Waals surface area (Å²) in [4.78, 5) is 29.2. The molecule has 38 heavy (non-hydrogen) atoms. The number of nitrogens with zero attached hydrogens (tertiary/aromatic N) is 3. The fourth-order valence-corrected chi connectivity index (χ4v) is 7.25. The quantitative estimate of drug-likeness (QED) is 0.303. The van der Waals surface area contributed by atoms with E-state index in [-0.39, 0.29) is 24.4 Å². The number of amides is 1. The van der Waals surface area contributed by atoms with Gasteiger partial charge in [-0.3, -0.25) is 9.69 Å². The van der Waals surface area contributed by atoms with E-state index in [4.69, 9.17) is 19.3 Å². The fraction of sp³-hybridized carbons (Fsp3) is 0.179. The molecule has 3 aromatic carbocycles. The van der Waals surface area contributed by atoms with Crippen LogP contribution in [0.4, 0.5) is 11.4 Å². The first kappa shape index (κ1) is 24.4. The van der Waals surface area contributed by atoms with Gasteiger partial charge < -0.3 is 14.2 Å². The second-order valence-electron chi connectivity index (χ2n) is 8.63. The zero-order valence-electron chi connectivity index (χ0n) is 20.6. The molecular formula is C28H23N3O5S2. The van der Waals surface area contributed by atoms with Crippen molar-refractivity contribution in [3.05, 3.63) is 88.8 Å². The Kier molecular flexibility index (Phi) is 6.29. The molecule has 1 atom stereocenters. The van der Waals surface area contributed by atoms with Gasteiger partial charge in [0.15, 0.2) is 11.5 Å². The second-order valence-corrected chi connectivity index (χ2v) is 11.3. The minimum Gasteiger partial charge on any atom is -0.461 e. The summed E-state index contributed by atoms with van der Waals surface area (Å²) < 4.78 is 15.1. The van der Waals surface area contributed by atoms with Crippen molar-refractivity contribution >= 4 is 57.9 Å². The van der Waals surface area contributed by atoms with Gasteiger partial charge >= 0.3 is 5.97 Å². The van der Waals surface area contributed by atoms with E-state index >= 15 is 0 Å². The average molecular weight is 546 g/mol. The number of hydrogen-bond acceptors (Lipinski definition) is 9. The molecule has 0 unspecified atom stereocenters. The lowest BCUT2D eigenvalue weighted by molar-refractivity contribution is -0.134. The second kappa shape index (κ2) is 9.77. The standard InChI is InChI=1S/C28H23N3O5S2/c1-3-34-27(33)25-29-31(21-11-7-8-18(2)14-21)28(38-25)30(20-9-5-4-6-10-20)26(32)24(37-28)16-19-12-13-22-23(15-19)36-17-35-22/h4-16H,3,17H2,1-2H3/b24-16+/t28-/m0/s1. The van der Waals surface area contributed by atoms with Crippen molar-refractivity contribution in [2.75, 3.05) is 23.3 Å². The van der Waals surface area contributed by atoms with Crippen LogP contribution in [-0.2, 0) is 14.3 Å². The highest BCUT2D eigenvalue weighted by molar-refractivity contribution is 8.29. The summed E-state index contributed by atoms with van der Waals surface area (Å²) in [5, 5.41) is 6.63. The Morgan fingerprint density at radius 1 is 1.03 bits per heavy atom. The van der Waals surface area contributed by atoms with Crippen LogP contribution in [-0.4, -0.2) is 34.6 Å². The van der Waals surface area contributed by atoms with Crippen molar-refractivity contribution in [1.82, 2.24) is 0 Å². The number of anilines is 2. The molecule has 0 bridgehead atoms. The van der Waals surface area contributed by atoms with Gasteiger partial charge in [0.1, 0.15) is 0 Å². The molecule has 0 aliphatic carbocycles. The number of carbonyl (C=O) groups excluding carboxylic acids is 2. The minimum absolute atomic E-state index is 0.171. The Bertz CT molecular complexity index is 1490. The maximum absolute atomic E-state index is 14.1. The van der Waals surface area contributed by atoms with Crippen molar-refractivity contribution in [1.29, 1.82) is 0 Å². The predicted octanol–water partition coefficient (Wildman–Crippen LogP) is 5.59. The third-order valence-corrected chi connectivity index (χ3v) is 8.73. The van der Waals surface area contributed by atoms with Crippen LogP contribution in [0.25, 0.3) is 6.08 Å². The molecule has 1 fully saturated rings. The molecule has 10 heteroatoms. The molecule has 3 heterocycles. The van der Waals surface area contributed by atoms with E-state index in [2.05, 4.69) is 0 Å². The largest absolute Gasteiger partial charge is 0.461 e. The maximum atomic E-state index is 14.1. The lowest BCUT2D eigenvalue weighted by Crippen LogP contribution is -2.51. The molecule has 3 aromatic rings. The summed E-state index contributed by atoms with van der Waals surface area (Å²) >= 11 is 2.54. The smallest absolute Gasteiger partial charge is 0.365 e. The Morgan fingerprint density at radius 2 is 1.82 bits per heavy atom. The summed E-state index contributed by atoms with van der Waals surface area (Å²) in [6.45, 7) is 4.13. The molecule has 8 nitrogen and oxygen atoms in total. The van der Waals surface area contributed by atoms with Crippen molar-refractivity contribution in [3.63, 3.8) is 0 Å². The maximum Gasteiger partial charge on any atom is 0.365 e. The van der Waals surface area contributed by atoms with E-state index in [1.807, 2.05) is 85.8 Å². The molecule has 192 valence electrons. The Labute approximate surface area is 228 Å². The number of thioether (sulfide) groups is 2. The van der Waals surface area contributed by atoms with E-state index in [1.54, 1.807) is 16.8 Å². The highest BCUT2D eigenvalue weighted by Gasteiger charge is 2.60. The van der Waals surface area contributed by atoms with Gasteiger partial charge in [-0.2, -0.15) is 5.10 Å². The normalized spacial score (nSPS) is 20.9. The summed E-state index contributed by atoms with van der Waals surface area (Å²) in [7, 11) is 0. The van der Waals surface area contributed by atoms with Gasteiger partial charge in [-0.05, 0) is 79.2 Å². The summed E-state index contributed by atoms with van der Waals surface area (Å²) in [6, 6.07) is 22.8.